The van der Waals surface area contributed by atoms with Crippen LogP contribution in [0, 0.1) is 5.82 Å². The maximum absolute atomic E-state index is 13.2. The molecule has 1 fully saturated rings. The minimum atomic E-state index is -0.475. The summed E-state index contributed by atoms with van der Waals surface area (Å²) in [6.45, 7) is 5.22. The zero-order valence-corrected chi connectivity index (χ0v) is 20.0. The summed E-state index contributed by atoms with van der Waals surface area (Å²) in [7, 11) is 3.01. The van der Waals surface area contributed by atoms with Crippen LogP contribution < -0.4 is 14.2 Å². The van der Waals surface area contributed by atoms with Crippen LogP contribution in [0.15, 0.2) is 18.7 Å². The Morgan fingerprint density at radius 1 is 1.09 bits per heavy atom. The Labute approximate surface area is 199 Å². The van der Waals surface area contributed by atoms with Gasteiger partial charge in [0.05, 0.1) is 46.4 Å². The van der Waals surface area contributed by atoms with Crippen molar-refractivity contribution in [3.63, 3.8) is 0 Å². The zero-order chi connectivity index (χ0) is 24.1. The average molecular weight is 493 g/mol. The fraction of sp³-hybridized carbons (Fsp3) is 0.500. The predicted octanol–water partition coefficient (Wildman–Crippen LogP) is 2.34. The van der Waals surface area contributed by atoms with Crippen molar-refractivity contribution >= 4 is 17.9 Å². The molecule has 3 aromatic heterocycles. The smallest absolute Gasteiger partial charge is 0.245 e. The van der Waals surface area contributed by atoms with Gasteiger partial charge in [-0.3, -0.25) is 9.29 Å². The molecule has 14 heteroatoms. The molecule has 0 amide bonds. The number of halogens is 1. The molecule has 0 aromatic carbocycles. The number of rotatable bonds is 9. The zero-order valence-electron chi connectivity index (χ0n) is 19.1. The van der Waals surface area contributed by atoms with Crippen LogP contribution >= 0.6 is 11.9 Å². The van der Waals surface area contributed by atoms with E-state index in [1.54, 1.807) is 4.57 Å². The SMILES string of the molecule is COc1ncnc(OC)c1-n1c(NSC(C)C(C)c2ncc(F)cn2)nnc1C1COCCO1. The monoisotopic (exact) mass is 492 g/mol. The van der Waals surface area contributed by atoms with Crippen LogP contribution in [0.25, 0.3) is 5.69 Å². The summed E-state index contributed by atoms with van der Waals surface area (Å²) in [6.07, 6.45) is 3.21. The van der Waals surface area contributed by atoms with Gasteiger partial charge in [0.2, 0.25) is 17.7 Å². The molecule has 182 valence electrons. The first kappa shape index (κ1) is 24.0. The van der Waals surface area contributed by atoms with Crippen LogP contribution in [-0.2, 0) is 9.47 Å². The van der Waals surface area contributed by atoms with Crippen LogP contribution in [0.2, 0.25) is 0 Å². The molecular formula is C20H25FN8O4S. The molecule has 0 spiro atoms. The molecule has 3 aromatic rings. The van der Waals surface area contributed by atoms with E-state index in [1.165, 1.54) is 32.5 Å². The highest BCUT2D eigenvalue weighted by Crippen LogP contribution is 2.36. The normalized spacial score (nSPS) is 17.7. The van der Waals surface area contributed by atoms with Gasteiger partial charge in [-0.15, -0.1) is 10.2 Å². The summed E-state index contributed by atoms with van der Waals surface area (Å²) in [5, 5.41) is 8.68. The number of nitrogens with zero attached hydrogens (tertiary/aromatic N) is 7. The van der Waals surface area contributed by atoms with Crippen molar-refractivity contribution in [2.45, 2.75) is 31.1 Å². The van der Waals surface area contributed by atoms with Crippen LogP contribution in [0.1, 0.15) is 37.5 Å². The van der Waals surface area contributed by atoms with Crippen LogP contribution in [-0.4, -0.2) is 74.0 Å². The summed E-state index contributed by atoms with van der Waals surface area (Å²) >= 11 is 1.39. The van der Waals surface area contributed by atoms with E-state index >= 15 is 0 Å². The molecular weight excluding hydrogens is 467 g/mol. The third-order valence-corrected chi connectivity index (χ3v) is 6.33. The summed E-state index contributed by atoms with van der Waals surface area (Å²) in [4.78, 5) is 16.6. The van der Waals surface area contributed by atoms with Crippen molar-refractivity contribution < 1.29 is 23.3 Å². The summed E-state index contributed by atoms with van der Waals surface area (Å²) in [6, 6.07) is 0. The average Bonchev–Trinajstić information content (AvgIpc) is 3.30. The molecule has 3 unspecified atom stereocenters. The van der Waals surface area contributed by atoms with E-state index in [-0.39, 0.29) is 22.9 Å². The quantitative estimate of drug-likeness (QED) is 0.440. The number of hydrogen-bond donors (Lipinski definition) is 1. The standard InChI is InChI=1S/C20H25FN8O4S/c1-11(16-22-7-13(21)8-23-16)12(2)34-28-20-27-26-17(14-9-32-5-6-33-14)29(20)15-18(30-3)24-10-25-19(15)31-4/h7-8,10-12,14H,5-6,9H2,1-4H3,(H,27,28). The molecule has 3 atom stereocenters. The van der Waals surface area contributed by atoms with Gasteiger partial charge in [-0.05, 0) is 11.9 Å². The van der Waals surface area contributed by atoms with Crippen LogP contribution in [0.5, 0.6) is 11.8 Å². The molecule has 1 N–H and O–H groups in total. The van der Waals surface area contributed by atoms with Crippen molar-refractivity contribution in [2.75, 3.05) is 38.8 Å². The molecule has 1 aliphatic rings. The molecule has 1 aliphatic heterocycles. The lowest BCUT2D eigenvalue weighted by molar-refractivity contribution is -0.0941. The van der Waals surface area contributed by atoms with Gasteiger partial charge < -0.3 is 18.9 Å². The Hall–Kier alpha value is -3.10. The van der Waals surface area contributed by atoms with Gasteiger partial charge >= 0.3 is 0 Å². The molecule has 0 radical (unpaired) electrons. The van der Waals surface area contributed by atoms with Crippen molar-refractivity contribution in [1.82, 2.24) is 34.7 Å². The number of aromatic nitrogens is 7. The van der Waals surface area contributed by atoms with Crippen LogP contribution in [0.3, 0.4) is 0 Å². The Morgan fingerprint density at radius 2 is 1.79 bits per heavy atom. The minimum absolute atomic E-state index is 0.0101. The molecule has 0 bridgehead atoms. The van der Waals surface area contributed by atoms with Gasteiger partial charge in [0.1, 0.15) is 18.3 Å². The van der Waals surface area contributed by atoms with Crippen molar-refractivity contribution in [2.24, 2.45) is 0 Å². The van der Waals surface area contributed by atoms with Gasteiger partial charge in [0.25, 0.3) is 0 Å². The van der Waals surface area contributed by atoms with Gasteiger partial charge in [0.15, 0.2) is 17.3 Å². The van der Waals surface area contributed by atoms with Gasteiger partial charge in [-0.1, -0.05) is 13.8 Å². The second kappa shape index (κ2) is 10.9. The third kappa shape index (κ3) is 5.03. The van der Waals surface area contributed by atoms with E-state index in [2.05, 4.69) is 34.9 Å². The number of anilines is 1. The van der Waals surface area contributed by atoms with Crippen molar-refractivity contribution in [3.8, 4) is 17.4 Å². The lowest BCUT2D eigenvalue weighted by atomic mass is 10.1. The van der Waals surface area contributed by atoms with Crippen molar-refractivity contribution in [1.29, 1.82) is 0 Å². The molecule has 34 heavy (non-hydrogen) atoms. The topological polar surface area (TPSA) is 131 Å². The molecule has 12 nitrogen and oxygen atoms in total. The van der Waals surface area contributed by atoms with E-state index in [1.807, 2.05) is 13.8 Å². The van der Waals surface area contributed by atoms with Gasteiger partial charge in [0, 0.05) is 11.2 Å². The summed E-state index contributed by atoms with van der Waals surface area (Å²) in [5.41, 5.74) is 0.423. The largest absolute Gasteiger partial charge is 0.479 e. The molecule has 0 aliphatic carbocycles. The predicted molar refractivity (Wildman–Crippen MR) is 121 cm³/mol. The Kier molecular flexibility index (Phi) is 7.70. The van der Waals surface area contributed by atoms with Gasteiger partial charge in [-0.25, -0.2) is 14.4 Å². The first-order valence-corrected chi connectivity index (χ1v) is 11.4. The van der Waals surface area contributed by atoms with Crippen molar-refractivity contribution in [3.05, 3.63) is 36.2 Å². The molecule has 4 rings (SSSR count). The third-order valence-electron chi connectivity index (χ3n) is 5.25. The number of ether oxygens (including phenoxy) is 4. The number of nitrogens with one attached hydrogen (secondary N) is 1. The van der Waals surface area contributed by atoms with E-state index in [4.69, 9.17) is 18.9 Å². The minimum Gasteiger partial charge on any atom is -0.479 e. The highest BCUT2D eigenvalue weighted by Gasteiger charge is 2.30. The second-order valence-corrected chi connectivity index (χ2v) is 8.55. The van der Waals surface area contributed by atoms with E-state index in [0.29, 0.717) is 43.1 Å². The fourth-order valence-electron chi connectivity index (χ4n) is 3.28. The Morgan fingerprint density at radius 3 is 2.41 bits per heavy atom. The number of hydrogen-bond acceptors (Lipinski definition) is 12. The first-order valence-electron chi connectivity index (χ1n) is 10.5. The van der Waals surface area contributed by atoms with E-state index < -0.39 is 11.9 Å². The lowest BCUT2D eigenvalue weighted by Gasteiger charge is -2.24. The van der Waals surface area contributed by atoms with Crippen LogP contribution in [0.4, 0.5) is 10.3 Å². The van der Waals surface area contributed by atoms with E-state index in [9.17, 15) is 4.39 Å². The molecule has 0 saturated carbocycles. The molecule has 1 saturated heterocycles. The maximum atomic E-state index is 13.2. The maximum Gasteiger partial charge on any atom is 0.245 e. The second-order valence-electron chi connectivity index (χ2n) is 7.37. The Bertz CT molecular complexity index is 1070. The first-order chi connectivity index (χ1) is 16.5. The highest BCUT2D eigenvalue weighted by atomic mass is 32.2. The number of methoxy groups -OCH3 is 2. The lowest BCUT2D eigenvalue weighted by Crippen LogP contribution is -2.25. The Balaban J connectivity index is 1.65. The fourth-order valence-corrected chi connectivity index (χ4v) is 4.03. The highest BCUT2D eigenvalue weighted by molar-refractivity contribution is 8.01. The summed E-state index contributed by atoms with van der Waals surface area (Å²) < 4.78 is 40.5. The summed E-state index contributed by atoms with van der Waals surface area (Å²) in [5.74, 6) is 1.41. The van der Waals surface area contributed by atoms with Gasteiger partial charge in [-0.2, -0.15) is 9.97 Å². The van der Waals surface area contributed by atoms with E-state index in [0.717, 1.165) is 12.4 Å². The molecule has 4 heterocycles.